The van der Waals surface area contributed by atoms with Gasteiger partial charge in [-0.2, -0.15) is 5.10 Å². The molecule has 0 saturated carbocycles. The van der Waals surface area contributed by atoms with Gasteiger partial charge in [-0.05, 0) is 38.5 Å². The van der Waals surface area contributed by atoms with E-state index in [9.17, 15) is 4.39 Å². The van der Waals surface area contributed by atoms with E-state index in [2.05, 4.69) is 10.4 Å². The fourth-order valence-corrected chi connectivity index (χ4v) is 2.38. The molecule has 0 radical (unpaired) electrons. The van der Waals surface area contributed by atoms with Gasteiger partial charge in [0, 0.05) is 19.1 Å². The largest absolute Gasteiger partial charge is 0.305 e. The van der Waals surface area contributed by atoms with Crippen molar-refractivity contribution < 1.29 is 4.39 Å². The number of hydrogen-bond acceptors (Lipinski definition) is 2. The maximum atomic E-state index is 13.2. The van der Waals surface area contributed by atoms with Gasteiger partial charge in [-0.15, -0.1) is 0 Å². The first-order valence-corrected chi connectivity index (χ1v) is 7.11. The molecule has 108 valence electrons. The summed E-state index contributed by atoms with van der Waals surface area (Å²) in [6.07, 6.45) is 0. The third-order valence-corrected chi connectivity index (χ3v) is 3.87. The van der Waals surface area contributed by atoms with Crippen LogP contribution in [0.25, 0.3) is 0 Å². The van der Waals surface area contributed by atoms with Crippen LogP contribution in [0.1, 0.15) is 36.8 Å². The summed E-state index contributed by atoms with van der Waals surface area (Å²) >= 11 is 6.26. The van der Waals surface area contributed by atoms with Crippen molar-refractivity contribution in [2.24, 2.45) is 0 Å². The normalized spacial score (nSPS) is 12.7. The quantitative estimate of drug-likeness (QED) is 0.908. The monoisotopic (exact) mass is 295 g/mol. The van der Waals surface area contributed by atoms with Crippen LogP contribution in [0.5, 0.6) is 0 Å². The van der Waals surface area contributed by atoms with Crippen molar-refractivity contribution >= 4 is 11.6 Å². The van der Waals surface area contributed by atoms with Crippen molar-refractivity contribution in [1.82, 2.24) is 15.1 Å². The average molecular weight is 296 g/mol. The fourth-order valence-electron chi connectivity index (χ4n) is 2.18. The Hall–Kier alpha value is -1.39. The van der Waals surface area contributed by atoms with Crippen molar-refractivity contribution in [3.05, 3.63) is 52.1 Å². The van der Waals surface area contributed by atoms with Crippen LogP contribution in [0.15, 0.2) is 24.3 Å². The second-order valence-corrected chi connectivity index (χ2v) is 5.20. The van der Waals surface area contributed by atoms with Gasteiger partial charge in [-0.1, -0.05) is 23.7 Å². The first-order valence-electron chi connectivity index (χ1n) is 6.73. The summed E-state index contributed by atoms with van der Waals surface area (Å²) in [7, 11) is 0. The molecule has 0 aliphatic rings. The van der Waals surface area contributed by atoms with Gasteiger partial charge in [0.2, 0.25) is 0 Å². The Morgan fingerprint density at radius 3 is 2.85 bits per heavy atom. The van der Waals surface area contributed by atoms with Crippen LogP contribution in [0.2, 0.25) is 5.02 Å². The number of halogens is 2. The van der Waals surface area contributed by atoms with E-state index in [0.29, 0.717) is 11.6 Å². The van der Waals surface area contributed by atoms with Gasteiger partial charge in [-0.25, -0.2) is 4.39 Å². The minimum atomic E-state index is -0.219. The van der Waals surface area contributed by atoms with Gasteiger partial charge in [0.25, 0.3) is 0 Å². The van der Waals surface area contributed by atoms with Gasteiger partial charge in [0.05, 0.1) is 16.4 Å². The number of nitrogens with zero attached hydrogens (tertiary/aromatic N) is 2. The fraction of sp³-hybridized carbons (Fsp3) is 0.400. The van der Waals surface area contributed by atoms with Crippen LogP contribution in [-0.4, -0.2) is 9.78 Å². The smallest absolute Gasteiger partial charge is 0.123 e. The maximum absolute atomic E-state index is 13.2. The molecule has 5 heteroatoms. The first-order chi connectivity index (χ1) is 9.52. The van der Waals surface area contributed by atoms with E-state index in [1.807, 2.05) is 31.5 Å². The summed E-state index contributed by atoms with van der Waals surface area (Å²) in [6, 6.07) is 6.66. The molecule has 3 nitrogen and oxygen atoms in total. The van der Waals surface area contributed by atoms with Crippen LogP contribution in [-0.2, 0) is 13.1 Å². The molecule has 1 atom stereocenters. The van der Waals surface area contributed by atoms with Crippen molar-refractivity contribution in [3.63, 3.8) is 0 Å². The highest BCUT2D eigenvalue weighted by atomic mass is 35.5. The molecule has 0 aliphatic heterocycles. The van der Waals surface area contributed by atoms with E-state index in [1.165, 1.54) is 6.07 Å². The zero-order valence-electron chi connectivity index (χ0n) is 12.0. The highest BCUT2D eigenvalue weighted by Gasteiger charge is 2.14. The Balaban J connectivity index is 2.09. The van der Waals surface area contributed by atoms with Crippen molar-refractivity contribution in [2.45, 2.75) is 39.9 Å². The predicted molar refractivity (Wildman–Crippen MR) is 79.3 cm³/mol. The van der Waals surface area contributed by atoms with Crippen molar-refractivity contribution in [2.75, 3.05) is 0 Å². The second-order valence-electron chi connectivity index (χ2n) is 4.82. The van der Waals surface area contributed by atoms with Crippen LogP contribution in [0.4, 0.5) is 4.39 Å². The van der Waals surface area contributed by atoms with Crippen LogP contribution in [0.3, 0.4) is 0 Å². The van der Waals surface area contributed by atoms with Gasteiger partial charge < -0.3 is 5.32 Å². The van der Waals surface area contributed by atoms with Gasteiger partial charge in [0.1, 0.15) is 5.82 Å². The lowest BCUT2D eigenvalue weighted by molar-refractivity contribution is 0.527. The molecule has 2 rings (SSSR count). The Morgan fingerprint density at radius 2 is 2.20 bits per heavy atom. The molecule has 1 heterocycles. The molecular weight excluding hydrogens is 277 g/mol. The topological polar surface area (TPSA) is 29.9 Å². The summed E-state index contributed by atoms with van der Waals surface area (Å²) in [5.74, 6) is -0.219. The Labute approximate surface area is 123 Å². The average Bonchev–Trinajstić information content (AvgIpc) is 2.71. The number of hydrogen-bond donors (Lipinski definition) is 1. The van der Waals surface area contributed by atoms with Gasteiger partial charge in [-0.3, -0.25) is 4.68 Å². The molecule has 0 fully saturated rings. The van der Waals surface area contributed by atoms with E-state index in [-0.39, 0.29) is 11.9 Å². The summed E-state index contributed by atoms with van der Waals surface area (Å²) in [4.78, 5) is 0. The molecule has 0 saturated heterocycles. The molecule has 0 aliphatic carbocycles. The van der Waals surface area contributed by atoms with Gasteiger partial charge >= 0.3 is 0 Å². The molecule has 2 aromatic rings. The Bertz CT molecular complexity index is 595. The minimum absolute atomic E-state index is 0.0438. The predicted octanol–water partition coefficient (Wildman–Crippen LogP) is 3.85. The van der Waals surface area contributed by atoms with E-state index in [4.69, 9.17) is 11.6 Å². The molecular formula is C15H19ClFN3. The zero-order valence-corrected chi connectivity index (χ0v) is 12.7. The van der Waals surface area contributed by atoms with E-state index < -0.39 is 0 Å². The molecule has 1 N–H and O–H groups in total. The second kappa shape index (κ2) is 6.37. The summed E-state index contributed by atoms with van der Waals surface area (Å²) in [5, 5.41) is 8.44. The standard InChI is InChI=1S/C15H19ClFN3/c1-4-20-14(15(16)11(3)19-20)9-18-10(2)12-6-5-7-13(17)8-12/h5-8,10,18H,4,9H2,1-3H3/t10-/m1/s1. The number of nitrogens with one attached hydrogen (secondary N) is 1. The highest BCUT2D eigenvalue weighted by Crippen LogP contribution is 2.21. The molecule has 0 bridgehead atoms. The Morgan fingerprint density at radius 1 is 1.45 bits per heavy atom. The number of rotatable bonds is 5. The highest BCUT2D eigenvalue weighted by molar-refractivity contribution is 6.31. The minimum Gasteiger partial charge on any atom is -0.305 e. The van der Waals surface area contributed by atoms with Crippen molar-refractivity contribution in [1.29, 1.82) is 0 Å². The van der Waals surface area contributed by atoms with E-state index in [1.54, 1.807) is 12.1 Å². The lowest BCUT2D eigenvalue weighted by atomic mass is 10.1. The molecule has 20 heavy (non-hydrogen) atoms. The lowest BCUT2D eigenvalue weighted by Crippen LogP contribution is -2.20. The number of aryl methyl sites for hydroxylation is 2. The lowest BCUT2D eigenvalue weighted by Gasteiger charge is -2.15. The van der Waals surface area contributed by atoms with Crippen molar-refractivity contribution in [3.8, 4) is 0 Å². The summed E-state index contributed by atoms with van der Waals surface area (Å²) < 4.78 is 15.1. The van der Waals surface area contributed by atoms with Gasteiger partial charge in [0.15, 0.2) is 0 Å². The van der Waals surface area contributed by atoms with Crippen LogP contribution in [0, 0.1) is 12.7 Å². The summed E-state index contributed by atoms with van der Waals surface area (Å²) in [6.45, 7) is 7.31. The molecule has 1 aromatic heterocycles. The van der Waals surface area contributed by atoms with Crippen LogP contribution < -0.4 is 5.32 Å². The molecule has 0 spiro atoms. The molecule has 0 unspecified atom stereocenters. The molecule has 0 amide bonds. The maximum Gasteiger partial charge on any atom is 0.123 e. The third-order valence-electron chi connectivity index (χ3n) is 3.38. The SMILES string of the molecule is CCn1nc(C)c(Cl)c1CN[C@H](C)c1cccc(F)c1. The zero-order chi connectivity index (χ0) is 14.7. The molecule has 1 aromatic carbocycles. The summed E-state index contributed by atoms with van der Waals surface area (Å²) in [5.41, 5.74) is 2.72. The first kappa shape index (κ1) is 15.0. The third kappa shape index (κ3) is 3.19. The van der Waals surface area contributed by atoms with E-state index >= 15 is 0 Å². The number of aromatic nitrogens is 2. The van der Waals surface area contributed by atoms with E-state index in [0.717, 1.165) is 23.5 Å². The Kier molecular flexibility index (Phi) is 4.78. The van der Waals surface area contributed by atoms with Crippen LogP contribution >= 0.6 is 11.6 Å². The number of benzene rings is 1.